The van der Waals surface area contributed by atoms with Gasteiger partial charge in [0.1, 0.15) is 10.9 Å². The molecule has 1 aliphatic rings. The molecular formula is C14H18N2OS. The van der Waals surface area contributed by atoms with Crippen molar-refractivity contribution in [3.05, 3.63) is 20.9 Å². The van der Waals surface area contributed by atoms with Gasteiger partial charge in [-0.2, -0.15) is 5.26 Å². The molecule has 1 aromatic rings. The molecule has 0 radical (unpaired) electrons. The minimum absolute atomic E-state index is 0.265. The van der Waals surface area contributed by atoms with Crippen molar-refractivity contribution in [3.8, 4) is 6.07 Å². The SMILES string of the molecule is CC(C)(C)C1CCc2c(sc(C(N)=O)c2C#N)C1. The average Bonchev–Trinajstić information content (AvgIpc) is 2.65. The summed E-state index contributed by atoms with van der Waals surface area (Å²) in [6.07, 6.45) is 2.94. The van der Waals surface area contributed by atoms with Gasteiger partial charge in [-0.05, 0) is 36.2 Å². The van der Waals surface area contributed by atoms with Crippen LogP contribution in [0.3, 0.4) is 0 Å². The van der Waals surface area contributed by atoms with Crippen molar-refractivity contribution in [1.82, 2.24) is 0 Å². The van der Waals surface area contributed by atoms with E-state index in [0.29, 0.717) is 16.4 Å². The number of primary amides is 1. The number of nitrogens with two attached hydrogens (primary N) is 1. The van der Waals surface area contributed by atoms with Crippen molar-refractivity contribution < 1.29 is 4.79 Å². The summed E-state index contributed by atoms with van der Waals surface area (Å²) in [5.41, 5.74) is 7.20. The summed E-state index contributed by atoms with van der Waals surface area (Å²) in [5.74, 6) is 0.133. The maximum atomic E-state index is 11.4. The molecular weight excluding hydrogens is 244 g/mol. The van der Waals surface area contributed by atoms with Gasteiger partial charge in [0.15, 0.2) is 0 Å². The van der Waals surface area contributed by atoms with E-state index in [0.717, 1.165) is 24.8 Å². The van der Waals surface area contributed by atoms with Crippen LogP contribution in [0.2, 0.25) is 0 Å². The maximum Gasteiger partial charge on any atom is 0.260 e. The second-order valence-corrected chi connectivity index (χ2v) is 7.09. The van der Waals surface area contributed by atoms with Gasteiger partial charge in [0.05, 0.1) is 5.56 Å². The van der Waals surface area contributed by atoms with E-state index in [1.807, 2.05) is 0 Å². The summed E-state index contributed by atoms with van der Waals surface area (Å²) in [6, 6.07) is 2.15. The number of rotatable bonds is 1. The van der Waals surface area contributed by atoms with Gasteiger partial charge >= 0.3 is 0 Å². The largest absolute Gasteiger partial charge is 0.365 e. The van der Waals surface area contributed by atoms with Gasteiger partial charge in [-0.1, -0.05) is 20.8 Å². The Morgan fingerprint density at radius 1 is 1.50 bits per heavy atom. The van der Waals surface area contributed by atoms with Crippen LogP contribution in [0.1, 0.15) is 52.9 Å². The lowest BCUT2D eigenvalue weighted by Gasteiger charge is -2.33. The summed E-state index contributed by atoms with van der Waals surface area (Å²) in [6.45, 7) is 6.74. The first kappa shape index (κ1) is 13.1. The first-order valence-corrected chi connectivity index (χ1v) is 7.00. The van der Waals surface area contributed by atoms with E-state index >= 15 is 0 Å². The summed E-state index contributed by atoms with van der Waals surface area (Å²) in [4.78, 5) is 13.0. The lowest BCUT2D eigenvalue weighted by atomic mass is 9.72. The standard InChI is InChI=1S/C14H18N2OS/c1-14(2,3)8-4-5-9-10(7-15)12(13(16)17)18-11(9)6-8/h8H,4-6H2,1-3H3,(H2,16,17). The van der Waals surface area contributed by atoms with Crippen molar-refractivity contribution in [3.63, 3.8) is 0 Å². The van der Waals surface area contributed by atoms with Crippen LogP contribution in [0, 0.1) is 22.7 Å². The highest BCUT2D eigenvalue weighted by Crippen LogP contribution is 2.41. The van der Waals surface area contributed by atoms with Crippen LogP contribution in [0.5, 0.6) is 0 Å². The zero-order valence-electron chi connectivity index (χ0n) is 11.0. The minimum atomic E-state index is -0.474. The summed E-state index contributed by atoms with van der Waals surface area (Å²) >= 11 is 1.42. The predicted octanol–water partition coefficient (Wildman–Crippen LogP) is 2.87. The van der Waals surface area contributed by atoms with Crippen LogP contribution >= 0.6 is 11.3 Å². The number of nitriles is 1. The van der Waals surface area contributed by atoms with E-state index in [1.165, 1.54) is 16.2 Å². The van der Waals surface area contributed by atoms with Gasteiger partial charge in [0, 0.05) is 4.88 Å². The van der Waals surface area contributed by atoms with Crippen molar-refractivity contribution in [2.75, 3.05) is 0 Å². The molecule has 3 nitrogen and oxygen atoms in total. The van der Waals surface area contributed by atoms with E-state index in [-0.39, 0.29) is 5.41 Å². The zero-order chi connectivity index (χ0) is 13.5. The lowest BCUT2D eigenvalue weighted by molar-refractivity contribution is 0.100. The Kier molecular flexibility index (Phi) is 3.20. The molecule has 0 spiro atoms. The highest BCUT2D eigenvalue weighted by atomic mass is 32.1. The molecule has 96 valence electrons. The van der Waals surface area contributed by atoms with Crippen molar-refractivity contribution in [2.45, 2.75) is 40.0 Å². The summed E-state index contributed by atoms with van der Waals surface area (Å²) in [7, 11) is 0. The van der Waals surface area contributed by atoms with E-state index in [4.69, 9.17) is 5.73 Å². The molecule has 0 fully saturated rings. The molecule has 4 heteroatoms. The fourth-order valence-electron chi connectivity index (χ4n) is 2.62. The summed E-state index contributed by atoms with van der Waals surface area (Å²) < 4.78 is 0. The number of thiophene rings is 1. The Bertz CT molecular complexity index is 531. The molecule has 1 amide bonds. The number of hydrogen-bond donors (Lipinski definition) is 1. The van der Waals surface area contributed by atoms with E-state index in [2.05, 4.69) is 26.8 Å². The summed E-state index contributed by atoms with van der Waals surface area (Å²) in [5, 5.41) is 9.19. The van der Waals surface area contributed by atoms with Crippen molar-refractivity contribution >= 4 is 17.2 Å². The second-order valence-electron chi connectivity index (χ2n) is 5.99. The third-order valence-corrected chi connectivity index (χ3v) is 5.09. The molecule has 0 saturated heterocycles. The number of nitrogens with zero attached hydrogens (tertiary/aromatic N) is 1. The van der Waals surface area contributed by atoms with Crippen LogP contribution in [-0.2, 0) is 12.8 Å². The Morgan fingerprint density at radius 2 is 2.17 bits per heavy atom. The fourth-order valence-corrected chi connectivity index (χ4v) is 3.85. The Balaban J connectivity index is 2.41. The first-order chi connectivity index (χ1) is 8.34. The maximum absolute atomic E-state index is 11.4. The first-order valence-electron chi connectivity index (χ1n) is 6.19. The molecule has 1 atom stereocenters. The molecule has 1 heterocycles. The minimum Gasteiger partial charge on any atom is -0.365 e. The molecule has 0 saturated carbocycles. The van der Waals surface area contributed by atoms with Crippen molar-refractivity contribution in [2.24, 2.45) is 17.1 Å². The highest BCUT2D eigenvalue weighted by molar-refractivity contribution is 7.14. The average molecular weight is 262 g/mol. The molecule has 1 unspecified atom stereocenters. The quantitative estimate of drug-likeness (QED) is 0.845. The van der Waals surface area contributed by atoms with Crippen LogP contribution < -0.4 is 5.73 Å². The van der Waals surface area contributed by atoms with Crippen LogP contribution in [0.15, 0.2) is 0 Å². The lowest BCUT2D eigenvalue weighted by Crippen LogP contribution is -2.26. The van der Waals surface area contributed by atoms with E-state index in [9.17, 15) is 10.1 Å². The van der Waals surface area contributed by atoms with Gasteiger partial charge in [0.25, 0.3) is 5.91 Å². The molecule has 18 heavy (non-hydrogen) atoms. The van der Waals surface area contributed by atoms with Crippen LogP contribution in [0.4, 0.5) is 0 Å². The topological polar surface area (TPSA) is 66.9 Å². The molecule has 1 aliphatic carbocycles. The molecule has 2 N–H and O–H groups in total. The highest BCUT2D eigenvalue weighted by Gasteiger charge is 2.32. The molecule has 2 rings (SSSR count). The van der Waals surface area contributed by atoms with Gasteiger partial charge in [0.2, 0.25) is 0 Å². The molecule has 0 aromatic carbocycles. The zero-order valence-corrected chi connectivity index (χ0v) is 11.9. The molecule has 0 aliphatic heterocycles. The Morgan fingerprint density at radius 3 is 2.67 bits per heavy atom. The second kappa shape index (κ2) is 4.40. The van der Waals surface area contributed by atoms with E-state index < -0.39 is 5.91 Å². The van der Waals surface area contributed by atoms with Gasteiger partial charge in [-0.25, -0.2) is 0 Å². The van der Waals surface area contributed by atoms with Crippen LogP contribution in [-0.4, -0.2) is 5.91 Å². The van der Waals surface area contributed by atoms with Crippen molar-refractivity contribution in [1.29, 1.82) is 5.26 Å². The number of carbonyl (C=O) groups is 1. The third-order valence-electron chi connectivity index (χ3n) is 3.83. The number of amides is 1. The normalized spacial score (nSPS) is 19.1. The van der Waals surface area contributed by atoms with E-state index in [1.54, 1.807) is 0 Å². The number of hydrogen-bond acceptors (Lipinski definition) is 3. The molecule has 1 aromatic heterocycles. The van der Waals surface area contributed by atoms with Gasteiger partial charge < -0.3 is 5.73 Å². The fraction of sp³-hybridized carbons (Fsp3) is 0.571. The van der Waals surface area contributed by atoms with Gasteiger partial charge in [-0.15, -0.1) is 11.3 Å². The number of fused-ring (bicyclic) bond motifs is 1. The Labute approximate surface area is 112 Å². The monoisotopic (exact) mass is 262 g/mol. The van der Waals surface area contributed by atoms with Crippen LogP contribution in [0.25, 0.3) is 0 Å². The predicted molar refractivity (Wildman–Crippen MR) is 72.5 cm³/mol. The smallest absolute Gasteiger partial charge is 0.260 e. The molecule has 0 bridgehead atoms. The number of carbonyl (C=O) groups excluding carboxylic acids is 1. The third kappa shape index (κ3) is 2.15. The Hall–Kier alpha value is -1.34. The van der Waals surface area contributed by atoms with Gasteiger partial charge in [-0.3, -0.25) is 4.79 Å².